The van der Waals surface area contributed by atoms with E-state index in [4.69, 9.17) is 17.0 Å². The van der Waals surface area contributed by atoms with Crippen molar-refractivity contribution >= 4 is 35.4 Å². The van der Waals surface area contributed by atoms with E-state index in [1.54, 1.807) is 24.4 Å². The highest BCUT2D eigenvalue weighted by molar-refractivity contribution is 7.71. The zero-order valence-electron chi connectivity index (χ0n) is 13.7. The van der Waals surface area contributed by atoms with Crippen molar-refractivity contribution in [2.45, 2.75) is 13.3 Å². The standard InChI is InChI=1S/C18H18N4O2S/c1-2-8-24-14-5-3-4-12(9-14)11-19-22-17(23)13-6-7-15-16(10-13)21-18(25)20-15/h3-7,9-11H,2,8H2,1H3,(H,22,23)(H2,20,21,25)/b19-11-. The third-order valence-corrected chi connectivity index (χ3v) is 3.69. The summed E-state index contributed by atoms with van der Waals surface area (Å²) in [5.74, 6) is 0.488. The Bertz CT molecular complexity index is 974. The van der Waals surface area contributed by atoms with Crippen molar-refractivity contribution < 1.29 is 9.53 Å². The van der Waals surface area contributed by atoms with Crippen LogP contribution in [0.25, 0.3) is 11.0 Å². The monoisotopic (exact) mass is 354 g/mol. The van der Waals surface area contributed by atoms with Gasteiger partial charge in [-0.3, -0.25) is 4.79 Å². The van der Waals surface area contributed by atoms with Crippen LogP contribution in [0.4, 0.5) is 0 Å². The molecule has 1 amide bonds. The Morgan fingerprint density at radius 3 is 2.92 bits per heavy atom. The number of carbonyl (C=O) groups is 1. The molecule has 0 radical (unpaired) electrons. The highest BCUT2D eigenvalue weighted by Gasteiger charge is 2.06. The summed E-state index contributed by atoms with van der Waals surface area (Å²) in [4.78, 5) is 18.2. The number of carbonyl (C=O) groups excluding carboxylic acids is 1. The molecule has 0 saturated carbocycles. The first-order chi connectivity index (χ1) is 12.2. The minimum absolute atomic E-state index is 0.294. The molecule has 6 nitrogen and oxygen atoms in total. The van der Waals surface area contributed by atoms with Gasteiger partial charge in [-0.1, -0.05) is 19.1 Å². The molecule has 128 valence electrons. The number of aromatic amines is 2. The molecule has 0 aliphatic rings. The second-order valence-electron chi connectivity index (χ2n) is 5.46. The summed E-state index contributed by atoms with van der Waals surface area (Å²) in [5, 5.41) is 4.01. The Kier molecular flexibility index (Phi) is 5.25. The van der Waals surface area contributed by atoms with Crippen LogP contribution in [0.3, 0.4) is 0 Å². The molecule has 0 saturated heterocycles. The van der Waals surface area contributed by atoms with E-state index in [1.165, 1.54) is 0 Å². The van der Waals surface area contributed by atoms with Gasteiger partial charge >= 0.3 is 0 Å². The summed E-state index contributed by atoms with van der Waals surface area (Å²) in [5.41, 5.74) is 5.50. The number of hydrogen-bond acceptors (Lipinski definition) is 4. The van der Waals surface area contributed by atoms with Gasteiger partial charge in [-0.15, -0.1) is 0 Å². The zero-order chi connectivity index (χ0) is 17.6. The van der Waals surface area contributed by atoms with Crippen molar-refractivity contribution in [3.05, 3.63) is 58.4 Å². The van der Waals surface area contributed by atoms with Crippen LogP contribution >= 0.6 is 12.2 Å². The fraction of sp³-hybridized carbons (Fsp3) is 0.167. The van der Waals surface area contributed by atoms with Gasteiger partial charge in [0, 0.05) is 5.56 Å². The number of imidazole rings is 1. The molecular weight excluding hydrogens is 336 g/mol. The van der Waals surface area contributed by atoms with E-state index >= 15 is 0 Å². The first-order valence-electron chi connectivity index (χ1n) is 7.94. The Morgan fingerprint density at radius 1 is 1.24 bits per heavy atom. The van der Waals surface area contributed by atoms with Gasteiger partial charge in [-0.2, -0.15) is 5.10 Å². The van der Waals surface area contributed by atoms with E-state index in [9.17, 15) is 4.79 Å². The number of H-pyrrole nitrogens is 2. The Balaban J connectivity index is 1.66. The molecule has 0 aliphatic carbocycles. The molecule has 0 bridgehead atoms. The minimum Gasteiger partial charge on any atom is -0.494 e. The third-order valence-electron chi connectivity index (χ3n) is 3.49. The fourth-order valence-electron chi connectivity index (χ4n) is 2.31. The van der Waals surface area contributed by atoms with Gasteiger partial charge in [-0.25, -0.2) is 5.43 Å². The zero-order valence-corrected chi connectivity index (χ0v) is 14.5. The number of fused-ring (bicyclic) bond motifs is 1. The van der Waals surface area contributed by atoms with Gasteiger partial charge in [0.25, 0.3) is 5.91 Å². The molecular formula is C18H18N4O2S. The van der Waals surface area contributed by atoms with Gasteiger partial charge < -0.3 is 14.7 Å². The highest BCUT2D eigenvalue weighted by atomic mass is 32.1. The van der Waals surface area contributed by atoms with E-state index < -0.39 is 0 Å². The summed E-state index contributed by atoms with van der Waals surface area (Å²) >= 11 is 5.04. The Labute approximate surface area is 149 Å². The SMILES string of the molecule is CCCOc1cccc(/C=N\NC(=O)c2ccc3[nH]c(=S)[nH]c3c2)c1. The number of nitrogens with zero attached hydrogens (tertiary/aromatic N) is 1. The van der Waals surface area contributed by atoms with Gasteiger partial charge in [0.05, 0.1) is 23.9 Å². The lowest BCUT2D eigenvalue weighted by atomic mass is 10.2. The van der Waals surface area contributed by atoms with Crippen LogP contribution in [0.1, 0.15) is 29.3 Å². The Hall–Kier alpha value is -2.93. The lowest BCUT2D eigenvalue weighted by Crippen LogP contribution is -2.17. The molecule has 1 heterocycles. The van der Waals surface area contributed by atoms with Gasteiger partial charge in [0.2, 0.25) is 0 Å². The number of hydrogen-bond donors (Lipinski definition) is 3. The first-order valence-corrected chi connectivity index (χ1v) is 8.35. The number of aromatic nitrogens is 2. The molecule has 0 fully saturated rings. The molecule has 3 rings (SSSR count). The Morgan fingerprint density at radius 2 is 2.08 bits per heavy atom. The summed E-state index contributed by atoms with van der Waals surface area (Å²) < 4.78 is 6.10. The normalized spacial score (nSPS) is 11.1. The van der Waals surface area contributed by atoms with Gasteiger partial charge in [0.15, 0.2) is 4.77 Å². The molecule has 0 spiro atoms. The average Bonchev–Trinajstić information content (AvgIpc) is 2.99. The number of benzene rings is 2. The van der Waals surface area contributed by atoms with Crippen molar-refractivity contribution in [1.29, 1.82) is 0 Å². The quantitative estimate of drug-likeness (QED) is 0.358. The summed E-state index contributed by atoms with van der Waals surface area (Å²) in [6.45, 7) is 2.72. The van der Waals surface area contributed by atoms with E-state index in [0.29, 0.717) is 16.9 Å². The molecule has 1 aromatic heterocycles. The second-order valence-corrected chi connectivity index (χ2v) is 5.87. The fourth-order valence-corrected chi connectivity index (χ4v) is 2.53. The number of amides is 1. The maximum atomic E-state index is 12.2. The van der Waals surface area contributed by atoms with Crippen molar-refractivity contribution in [1.82, 2.24) is 15.4 Å². The average molecular weight is 354 g/mol. The van der Waals surface area contributed by atoms with Gasteiger partial charge in [-0.05, 0) is 54.5 Å². The molecule has 2 aromatic carbocycles. The number of hydrazone groups is 1. The first kappa shape index (κ1) is 16.9. The molecule has 7 heteroatoms. The van der Waals surface area contributed by atoms with E-state index in [-0.39, 0.29) is 5.91 Å². The lowest BCUT2D eigenvalue weighted by molar-refractivity contribution is 0.0955. The van der Waals surface area contributed by atoms with Crippen LogP contribution in [-0.2, 0) is 0 Å². The van der Waals surface area contributed by atoms with E-state index in [2.05, 4.69) is 27.4 Å². The third kappa shape index (κ3) is 4.33. The minimum atomic E-state index is -0.294. The largest absolute Gasteiger partial charge is 0.494 e. The van der Waals surface area contributed by atoms with Crippen LogP contribution in [0, 0.1) is 4.77 Å². The van der Waals surface area contributed by atoms with E-state index in [1.807, 2.05) is 24.3 Å². The van der Waals surface area contributed by atoms with Crippen LogP contribution in [0.5, 0.6) is 5.75 Å². The van der Waals surface area contributed by atoms with Crippen molar-refractivity contribution in [3.63, 3.8) is 0 Å². The van der Waals surface area contributed by atoms with Crippen LogP contribution in [-0.4, -0.2) is 28.7 Å². The molecule has 3 N–H and O–H groups in total. The summed E-state index contributed by atoms with van der Waals surface area (Å²) in [6, 6.07) is 12.8. The number of rotatable bonds is 6. The van der Waals surface area contributed by atoms with Crippen LogP contribution < -0.4 is 10.2 Å². The van der Waals surface area contributed by atoms with E-state index in [0.717, 1.165) is 28.8 Å². The molecule has 25 heavy (non-hydrogen) atoms. The summed E-state index contributed by atoms with van der Waals surface area (Å²) in [6.07, 6.45) is 2.53. The topological polar surface area (TPSA) is 82.3 Å². The summed E-state index contributed by atoms with van der Waals surface area (Å²) in [7, 11) is 0. The predicted molar refractivity (Wildman–Crippen MR) is 101 cm³/mol. The smallest absolute Gasteiger partial charge is 0.271 e. The predicted octanol–water partition coefficient (Wildman–Crippen LogP) is 3.78. The van der Waals surface area contributed by atoms with Crippen molar-refractivity contribution in [2.24, 2.45) is 5.10 Å². The maximum absolute atomic E-state index is 12.2. The van der Waals surface area contributed by atoms with Crippen LogP contribution in [0.15, 0.2) is 47.6 Å². The second kappa shape index (κ2) is 7.76. The van der Waals surface area contributed by atoms with Gasteiger partial charge in [0.1, 0.15) is 5.75 Å². The highest BCUT2D eigenvalue weighted by Crippen LogP contribution is 2.13. The molecule has 0 atom stereocenters. The lowest BCUT2D eigenvalue weighted by Gasteiger charge is -2.04. The molecule has 3 aromatic rings. The maximum Gasteiger partial charge on any atom is 0.271 e. The molecule has 0 unspecified atom stereocenters. The van der Waals surface area contributed by atoms with Crippen molar-refractivity contribution in [2.75, 3.05) is 6.61 Å². The number of ether oxygens (including phenoxy) is 1. The van der Waals surface area contributed by atoms with Crippen molar-refractivity contribution in [3.8, 4) is 5.75 Å². The number of nitrogens with one attached hydrogen (secondary N) is 3. The molecule has 0 aliphatic heterocycles. The van der Waals surface area contributed by atoms with Crippen LogP contribution in [0.2, 0.25) is 0 Å².